The van der Waals surface area contributed by atoms with Crippen molar-refractivity contribution >= 4 is 5.78 Å². The Labute approximate surface area is 79.5 Å². The van der Waals surface area contributed by atoms with E-state index in [-0.39, 0.29) is 11.8 Å². The standard InChI is InChI=1S/C11H17NO/c1-9(13)7-11(12)8-10-5-3-2-4-6-10/h3,5-6,11H,2,4,7-8,12H2,1H3. The molecule has 1 aliphatic carbocycles. The minimum Gasteiger partial charge on any atom is -0.327 e. The maximum atomic E-state index is 10.8. The lowest BCUT2D eigenvalue weighted by Gasteiger charge is -2.12. The van der Waals surface area contributed by atoms with Crippen LogP contribution in [0.4, 0.5) is 0 Å². The van der Waals surface area contributed by atoms with E-state index in [0.717, 1.165) is 19.3 Å². The summed E-state index contributed by atoms with van der Waals surface area (Å²) in [6.07, 6.45) is 10.0. The van der Waals surface area contributed by atoms with E-state index in [1.54, 1.807) is 6.92 Å². The lowest BCUT2D eigenvalue weighted by molar-refractivity contribution is -0.117. The van der Waals surface area contributed by atoms with Gasteiger partial charge in [-0.1, -0.05) is 23.8 Å². The topological polar surface area (TPSA) is 43.1 Å². The van der Waals surface area contributed by atoms with Crippen molar-refractivity contribution in [1.82, 2.24) is 0 Å². The van der Waals surface area contributed by atoms with Crippen molar-refractivity contribution in [1.29, 1.82) is 0 Å². The highest BCUT2D eigenvalue weighted by Crippen LogP contribution is 2.15. The molecule has 0 saturated heterocycles. The fourth-order valence-corrected chi connectivity index (χ4v) is 1.56. The minimum atomic E-state index is -0.00787. The van der Waals surface area contributed by atoms with Crippen LogP contribution < -0.4 is 5.73 Å². The van der Waals surface area contributed by atoms with Crippen LogP contribution in [0.25, 0.3) is 0 Å². The summed E-state index contributed by atoms with van der Waals surface area (Å²) < 4.78 is 0. The second-order valence-corrected chi connectivity index (χ2v) is 3.63. The first-order chi connectivity index (χ1) is 6.18. The van der Waals surface area contributed by atoms with Gasteiger partial charge in [-0.25, -0.2) is 0 Å². The van der Waals surface area contributed by atoms with Gasteiger partial charge in [-0.3, -0.25) is 4.79 Å². The molecule has 72 valence electrons. The molecule has 0 saturated carbocycles. The Morgan fingerprint density at radius 3 is 2.92 bits per heavy atom. The Hall–Kier alpha value is -0.890. The summed E-state index contributed by atoms with van der Waals surface area (Å²) >= 11 is 0. The summed E-state index contributed by atoms with van der Waals surface area (Å²) in [5.74, 6) is 0.174. The second kappa shape index (κ2) is 4.97. The third-order valence-electron chi connectivity index (χ3n) is 2.12. The van der Waals surface area contributed by atoms with Crippen molar-refractivity contribution in [2.75, 3.05) is 0 Å². The first-order valence-electron chi connectivity index (χ1n) is 4.79. The van der Waals surface area contributed by atoms with E-state index in [1.165, 1.54) is 5.57 Å². The number of hydrogen-bond donors (Lipinski definition) is 1. The zero-order valence-corrected chi connectivity index (χ0v) is 8.12. The van der Waals surface area contributed by atoms with Crippen molar-refractivity contribution in [3.05, 3.63) is 23.8 Å². The summed E-state index contributed by atoms with van der Waals surface area (Å²) in [7, 11) is 0. The average molecular weight is 179 g/mol. The van der Waals surface area contributed by atoms with Gasteiger partial charge in [-0.2, -0.15) is 0 Å². The van der Waals surface area contributed by atoms with Crippen LogP contribution in [0, 0.1) is 0 Å². The molecule has 2 N–H and O–H groups in total. The molecule has 1 unspecified atom stereocenters. The van der Waals surface area contributed by atoms with Gasteiger partial charge >= 0.3 is 0 Å². The van der Waals surface area contributed by atoms with Crippen molar-refractivity contribution in [3.8, 4) is 0 Å². The largest absolute Gasteiger partial charge is 0.327 e. The van der Waals surface area contributed by atoms with Gasteiger partial charge in [0.25, 0.3) is 0 Å². The summed E-state index contributed by atoms with van der Waals surface area (Å²) in [5, 5.41) is 0. The van der Waals surface area contributed by atoms with E-state index in [2.05, 4.69) is 18.2 Å². The second-order valence-electron chi connectivity index (χ2n) is 3.63. The van der Waals surface area contributed by atoms with Gasteiger partial charge in [0.05, 0.1) is 0 Å². The molecule has 0 radical (unpaired) electrons. The lowest BCUT2D eigenvalue weighted by atomic mass is 9.98. The quantitative estimate of drug-likeness (QED) is 0.717. The molecule has 0 aromatic carbocycles. The summed E-state index contributed by atoms with van der Waals surface area (Å²) in [6, 6.07) is -0.00787. The van der Waals surface area contributed by atoms with Crippen LogP contribution in [0.3, 0.4) is 0 Å². The first-order valence-corrected chi connectivity index (χ1v) is 4.79. The molecule has 13 heavy (non-hydrogen) atoms. The van der Waals surface area contributed by atoms with Crippen LogP contribution in [-0.2, 0) is 4.79 Å². The third-order valence-corrected chi connectivity index (χ3v) is 2.12. The van der Waals surface area contributed by atoms with Gasteiger partial charge in [0.15, 0.2) is 0 Å². The average Bonchev–Trinajstić information content (AvgIpc) is 2.04. The fraction of sp³-hybridized carbons (Fsp3) is 0.545. The van der Waals surface area contributed by atoms with Crippen molar-refractivity contribution < 1.29 is 4.79 Å². The van der Waals surface area contributed by atoms with Crippen LogP contribution >= 0.6 is 0 Å². The van der Waals surface area contributed by atoms with Gasteiger partial charge in [0, 0.05) is 12.5 Å². The van der Waals surface area contributed by atoms with E-state index in [0.29, 0.717) is 6.42 Å². The molecular formula is C11H17NO. The molecule has 2 nitrogen and oxygen atoms in total. The summed E-state index contributed by atoms with van der Waals surface area (Å²) in [6.45, 7) is 1.59. The van der Waals surface area contributed by atoms with E-state index in [1.807, 2.05) is 0 Å². The van der Waals surface area contributed by atoms with Gasteiger partial charge in [0.2, 0.25) is 0 Å². The predicted octanol–water partition coefficient (Wildman–Crippen LogP) is 1.96. The van der Waals surface area contributed by atoms with Gasteiger partial charge < -0.3 is 5.73 Å². The number of carbonyl (C=O) groups is 1. The molecule has 0 aromatic rings. The Balaban J connectivity index is 2.35. The van der Waals surface area contributed by atoms with E-state index in [4.69, 9.17) is 5.73 Å². The highest BCUT2D eigenvalue weighted by molar-refractivity contribution is 5.76. The maximum Gasteiger partial charge on any atom is 0.131 e. The van der Waals surface area contributed by atoms with Crippen LogP contribution in [0.15, 0.2) is 23.8 Å². The normalized spacial score (nSPS) is 18.2. The Bertz CT molecular complexity index is 240. The fourth-order valence-electron chi connectivity index (χ4n) is 1.56. The Morgan fingerprint density at radius 1 is 1.62 bits per heavy atom. The molecule has 1 aliphatic rings. The number of carbonyl (C=O) groups excluding carboxylic acids is 1. The molecule has 0 heterocycles. The smallest absolute Gasteiger partial charge is 0.131 e. The van der Waals surface area contributed by atoms with Crippen LogP contribution in [0.5, 0.6) is 0 Å². The molecule has 0 fully saturated rings. The molecule has 0 aromatic heterocycles. The zero-order chi connectivity index (χ0) is 9.68. The molecular weight excluding hydrogens is 162 g/mol. The van der Waals surface area contributed by atoms with Gasteiger partial charge in [0.1, 0.15) is 5.78 Å². The molecule has 0 amide bonds. The highest BCUT2D eigenvalue weighted by Gasteiger charge is 2.07. The van der Waals surface area contributed by atoms with Crippen LogP contribution in [0.1, 0.15) is 32.6 Å². The molecule has 0 aliphatic heterocycles. The van der Waals surface area contributed by atoms with E-state index in [9.17, 15) is 4.79 Å². The molecule has 1 atom stereocenters. The number of hydrogen-bond acceptors (Lipinski definition) is 2. The molecule has 0 bridgehead atoms. The SMILES string of the molecule is CC(=O)CC(N)CC1=CCCC=C1. The summed E-state index contributed by atoms with van der Waals surface area (Å²) in [4.78, 5) is 10.8. The van der Waals surface area contributed by atoms with Crippen molar-refractivity contribution in [2.45, 2.75) is 38.6 Å². The third kappa shape index (κ3) is 4.04. The Kier molecular flexibility index (Phi) is 3.90. The van der Waals surface area contributed by atoms with E-state index >= 15 is 0 Å². The number of Topliss-reactive ketones (excluding diaryl/α,β-unsaturated/α-hetero) is 1. The highest BCUT2D eigenvalue weighted by atomic mass is 16.1. The summed E-state index contributed by atoms with van der Waals surface area (Å²) in [5.41, 5.74) is 7.09. The van der Waals surface area contributed by atoms with Crippen molar-refractivity contribution in [2.24, 2.45) is 5.73 Å². The van der Waals surface area contributed by atoms with Gasteiger partial charge in [-0.05, 0) is 26.2 Å². The Morgan fingerprint density at radius 2 is 2.38 bits per heavy atom. The monoisotopic (exact) mass is 179 g/mol. The number of nitrogens with two attached hydrogens (primary N) is 1. The van der Waals surface area contributed by atoms with E-state index < -0.39 is 0 Å². The lowest BCUT2D eigenvalue weighted by Crippen LogP contribution is -2.23. The molecule has 0 spiro atoms. The number of allylic oxidation sites excluding steroid dienone is 3. The maximum absolute atomic E-state index is 10.8. The predicted molar refractivity (Wildman–Crippen MR) is 54.3 cm³/mol. The van der Waals surface area contributed by atoms with Crippen molar-refractivity contribution in [3.63, 3.8) is 0 Å². The van der Waals surface area contributed by atoms with Gasteiger partial charge in [-0.15, -0.1) is 0 Å². The molecule has 2 heteroatoms. The zero-order valence-electron chi connectivity index (χ0n) is 8.12. The first kappa shape index (κ1) is 10.2. The van der Waals surface area contributed by atoms with Crippen LogP contribution in [0.2, 0.25) is 0 Å². The molecule has 1 rings (SSSR count). The van der Waals surface area contributed by atoms with Crippen LogP contribution in [-0.4, -0.2) is 11.8 Å². The number of rotatable bonds is 4. The minimum absolute atomic E-state index is 0.00787. The number of ketones is 1.